The largest absolute Gasteiger partial charge is 0.457 e. The second kappa shape index (κ2) is 11.8. The van der Waals surface area contributed by atoms with Gasteiger partial charge in [0.1, 0.15) is 6.61 Å². The van der Waals surface area contributed by atoms with Crippen LogP contribution in [0.3, 0.4) is 0 Å². The summed E-state index contributed by atoms with van der Waals surface area (Å²) < 4.78 is 5.33. The fourth-order valence-corrected chi connectivity index (χ4v) is 3.73. The topological polar surface area (TPSA) is 85.4 Å². The van der Waals surface area contributed by atoms with Gasteiger partial charge in [-0.25, -0.2) is 4.79 Å². The van der Waals surface area contributed by atoms with Crippen molar-refractivity contribution in [3.63, 3.8) is 0 Å². The Morgan fingerprint density at radius 3 is 2.50 bits per heavy atom. The minimum absolute atomic E-state index is 0.0331. The second-order valence-corrected chi connectivity index (χ2v) is 8.39. The minimum atomic E-state index is -0.488. The third kappa shape index (κ3) is 7.35. The van der Waals surface area contributed by atoms with E-state index in [1.165, 1.54) is 6.92 Å². The summed E-state index contributed by atoms with van der Waals surface area (Å²) in [6.45, 7) is 1.60. The highest BCUT2D eigenvalue weighted by Gasteiger charge is 2.21. The van der Waals surface area contributed by atoms with Gasteiger partial charge in [0.25, 0.3) is 0 Å². The predicted octanol–water partition coefficient (Wildman–Crippen LogP) is 4.52. The maximum Gasteiger partial charge on any atom is 0.338 e. The van der Waals surface area contributed by atoms with Crippen LogP contribution in [0, 0.1) is 5.92 Å². The Balaban J connectivity index is 1.65. The quantitative estimate of drug-likeness (QED) is 0.485. The number of carbonyl (C=O) groups is 3. The number of hydrogen-bond donors (Lipinski definition) is 1. The summed E-state index contributed by atoms with van der Waals surface area (Å²) >= 11 is 1.13. The highest BCUT2D eigenvalue weighted by atomic mass is 32.2. The molecule has 0 aliphatic heterocycles. The molecule has 6 nitrogen and oxygen atoms in total. The summed E-state index contributed by atoms with van der Waals surface area (Å²) in [6, 6.07) is 19.9. The van der Waals surface area contributed by atoms with Crippen molar-refractivity contribution in [3.8, 4) is 0 Å². The van der Waals surface area contributed by atoms with Gasteiger partial charge < -0.3 is 10.1 Å². The number of thioether (sulfide) groups is 1. The van der Waals surface area contributed by atoms with Crippen LogP contribution < -0.4 is 5.32 Å². The molecule has 0 aliphatic carbocycles. The normalized spacial score (nSPS) is 11.4. The molecule has 1 unspecified atom stereocenters. The van der Waals surface area contributed by atoms with E-state index in [2.05, 4.69) is 10.3 Å². The molecule has 0 radical (unpaired) electrons. The lowest BCUT2D eigenvalue weighted by Crippen LogP contribution is -2.27. The van der Waals surface area contributed by atoms with Crippen molar-refractivity contribution in [1.29, 1.82) is 0 Å². The summed E-state index contributed by atoms with van der Waals surface area (Å²) in [6.07, 6.45) is 3.80. The summed E-state index contributed by atoms with van der Waals surface area (Å²) in [5.74, 6) is -0.711. The summed E-state index contributed by atoms with van der Waals surface area (Å²) in [7, 11) is 0. The molecule has 0 saturated carbocycles. The predicted molar refractivity (Wildman–Crippen MR) is 125 cm³/mol. The number of ether oxygens (including phenoxy) is 1. The molecule has 0 bridgehead atoms. The van der Waals surface area contributed by atoms with Crippen molar-refractivity contribution in [2.45, 2.75) is 20.0 Å². The molecule has 3 rings (SSSR count). The monoisotopic (exact) mass is 448 g/mol. The molecule has 1 aromatic heterocycles. The molecular weight excluding hydrogens is 424 g/mol. The number of pyridine rings is 1. The molecule has 0 saturated heterocycles. The van der Waals surface area contributed by atoms with Crippen LogP contribution in [0.1, 0.15) is 28.4 Å². The number of aromatic nitrogens is 1. The average molecular weight is 449 g/mol. The Bertz CT molecular complexity index is 1060. The molecule has 0 aliphatic rings. The van der Waals surface area contributed by atoms with Crippen LogP contribution in [-0.4, -0.2) is 27.7 Å². The number of hydrogen-bond acceptors (Lipinski definition) is 6. The standard InChI is InChI=1S/C25H24N2O4S/c1-18(28)32-17-22(13-19-7-3-2-4-8-19)24(29)27-23-11-5-10-21(14-23)25(30)31-16-20-9-6-12-26-15-20/h2-12,14-15,22H,13,16-17H2,1H3,(H,27,29). The Morgan fingerprint density at radius 1 is 1.00 bits per heavy atom. The smallest absolute Gasteiger partial charge is 0.338 e. The maximum absolute atomic E-state index is 13.0. The van der Waals surface area contributed by atoms with Gasteiger partial charge in [-0.05, 0) is 36.2 Å². The van der Waals surface area contributed by atoms with E-state index < -0.39 is 11.9 Å². The van der Waals surface area contributed by atoms with Gasteiger partial charge in [-0.3, -0.25) is 14.6 Å². The van der Waals surface area contributed by atoms with Crippen LogP contribution in [0.15, 0.2) is 79.1 Å². The maximum atomic E-state index is 13.0. The Kier molecular flexibility index (Phi) is 8.57. The lowest BCUT2D eigenvalue weighted by molar-refractivity contribution is -0.119. The van der Waals surface area contributed by atoms with Crippen LogP contribution >= 0.6 is 11.8 Å². The van der Waals surface area contributed by atoms with Crippen LogP contribution in [0.25, 0.3) is 0 Å². The third-order valence-corrected chi connectivity index (χ3v) is 5.62. The number of benzene rings is 2. The fourth-order valence-electron chi connectivity index (χ4n) is 3.03. The van der Waals surface area contributed by atoms with E-state index in [4.69, 9.17) is 4.74 Å². The Morgan fingerprint density at radius 2 is 1.78 bits per heavy atom. The molecule has 164 valence electrons. The molecule has 0 fully saturated rings. The Labute approximate surface area is 191 Å². The van der Waals surface area contributed by atoms with Crippen molar-refractivity contribution in [2.75, 3.05) is 11.1 Å². The van der Waals surface area contributed by atoms with Crippen LogP contribution in [0.4, 0.5) is 5.69 Å². The molecule has 1 atom stereocenters. The molecular formula is C25H24N2O4S. The van der Waals surface area contributed by atoms with Crippen LogP contribution in [0.5, 0.6) is 0 Å². The van der Waals surface area contributed by atoms with Gasteiger partial charge >= 0.3 is 5.97 Å². The summed E-state index contributed by atoms with van der Waals surface area (Å²) in [4.78, 5) is 40.8. The van der Waals surface area contributed by atoms with Gasteiger partial charge in [0.2, 0.25) is 5.91 Å². The van der Waals surface area contributed by atoms with E-state index in [1.54, 1.807) is 42.7 Å². The SMILES string of the molecule is CC(=O)SCC(Cc1ccccc1)C(=O)Nc1cccc(C(=O)OCc2cccnc2)c1. The number of esters is 1. The highest BCUT2D eigenvalue weighted by Crippen LogP contribution is 2.19. The van der Waals surface area contributed by atoms with Crippen molar-refractivity contribution in [3.05, 3.63) is 95.8 Å². The molecule has 32 heavy (non-hydrogen) atoms. The van der Waals surface area contributed by atoms with E-state index in [-0.39, 0.29) is 17.6 Å². The zero-order valence-electron chi connectivity index (χ0n) is 17.7. The van der Waals surface area contributed by atoms with Crippen molar-refractivity contribution >= 4 is 34.4 Å². The first kappa shape index (κ1) is 23.2. The lowest BCUT2D eigenvalue weighted by Gasteiger charge is -2.16. The molecule has 3 aromatic rings. The highest BCUT2D eigenvalue weighted by molar-refractivity contribution is 8.13. The van der Waals surface area contributed by atoms with Gasteiger partial charge in [0.15, 0.2) is 5.12 Å². The molecule has 1 heterocycles. The molecule has 1 N–H and O–H groups in total. The fraction of sp³-hybridized carbons (Fsp3) is 0.200. The van der Waals surface area contributed by atoms with E-state index in [0.717, 1.165) is 22.9 Å². The van der Waals surface area contributed by atoms with Crippen LogP contribution in [0.2, 0.25) is 0 Å². The number of rotatable bonds is 9. The zero-order valence-corrected chi connectivity index (χ0v) is 18.5. The van der Waals surface area contributed by atoms with Crippen molar-refractivity contribution in [2.24, 2.45) is 5.92 Å². The molecule has 7 heteroatoms. The van der Waals surface area contributed by atoms with Gasteiger partial charge in [-0.15, -0.1) is 0 Å². The number of amides is 1. The van der Waals surface area contributed by atoms with Crippen molar-refractivity contribution in [1.82, 2.24) is 4.98 Å². The van der Waals surface area contributed by atoms with E-state index in [0.29, 0.717) is 23.4 Å². The van der Waals surface area contributed by atoms with Gasteiger partial charge in [-0.2, -0.15) is 0 Å². The first-order valence-electron chi connectivity index (χ1n) is 10.2. The van der Waals surface area contributed by atoms with E-state index in [9.17, 15) is 14.4 Å². The summed E-state index contributed by atoms with van der Waals surface area (Å²) in [5, 5.41) is 2.84. The Hall–Kier alpha value is -3.45. The number of anilines is 1. The first-order valence-corrected chi connectivity index (χ1v) is 11.1. The zero-order chi connectivity index (χ0) is 22.8. The minimum Gasteiger partial charge on any atom is -0.457 e. The van der Waals surface area contributed by atoms with E-state index in [1.807, 2.05) is 36.4 Å². The number of nitrogens with zero attached hydrogens (tertiary/aromatic N) is 1. The van der Waals surface area contributed by atoms with Crippen LogP contribution in [-0.2, 0) is 27.4 Å². The lowest BCUT2D eigenvalue weighted by atomic mass is 10.00. The third-order valence-electron chi connectivity index (χ3n) is 4.64. The molecule has 1 amide bonds. The van der Waals surface area contributed by atoms with E-state index >= 15 is 0 Å². The van der Waals surface area contributed by atoms with Crippen molar-refractivity contribution < 1.29 is 19.1 Å². The number of carbonyl (C=O) groups excluding carboxylic acids is 3. The summed E-state index contributed by atoms with van der Waals surface area (Å²) in [5.41, 5.74) is 2.64. The van der Waals surface area contributed by atoms with Gasteiger partial charge in [0, 0.05) is 36.3 Å². The average Bonchev–Trinajstić information content (AvgIpc) is 2.81. The first-order chi connectivity index (χ1) is 15.5. The second-order valence-electron chi connectivity index (χ2n) is 7.20. The molecule has 2 aromatic carbocycles. The number of nitrogens with one attached hydrogen (secondary N) is 1. The molecule has 0 spiro atoms. The van der Waals surface area contributed by atoms with Gasteiger partial charge in [0.05, 0.1) is 11.5 Å². The van der Waals surface area contributed by atoms with Gasteiger partial charge in [-0.1, -0.05) is 54.2 Å².